The minimum absolute atomic E-state index is 0.0170. The fraction of sp³-hybridized carbons (Fsp3) is 0.529. The van der Waals surface area contributed by atoms with E-state index < -0.39 is 0 Å². The van der Waals surface area contributed by atoms with Gasteiger partial charge in [-0.2, -0.15) is 0 Å². The highest BCUT2D eigenvalue weighted by atomic mass is 16.5. The Balaban J connectivity index is 1.53. The molecule has 128 valence electrons. The molecule has 0 saturated carbocycles. The van der Waals surface area contributed by atoms with Gasteiger partial charge >= 0.3 is 0 Å². The average Bonchev–Trinajstić information content (AvgIpc) is 2.92. The molecule has 7 nitrogen and oxygen atoms in total. The van der Waals surface area contributed by atoms with Gasteiger partial charge in [-0.3, -0.25) is 4.79 Å². The van der Waals surface area contributed by atoms with E-state index in [1.165, 1.54) is 6.33 Å². The molecule has 1 amide bonds. The predicted octanol–water partition coefficient (Wildman–Crippen LogP) is 2.08. The number of nitrogens with zero attached hydrogens (tertiary/aromatic N) is 4. The van der Waals surface area contributed by atoms with Crippen LogP contribution in [-0.4, -0.2) is 45.1 Å². The molecule has 0 bridgehead atoms. The maximum atomic E-state index is 12.5. The first-order valence-corrected chi connectivity index (χ1v) is 8.25. The number of carbonyl (C=O) groups is 1. The lowest BCUT2D eigenvalue weighted by molar-refractivity contribution is -0.133. The molecule has 2 aromatic heterocycles. The van der Waals surface area contributed by atoms with Crippen LogP contribution in [0.25, 0.3) is 0 Å². The van der Waals surface area contributed by atoms with Gasteiger partial charge in [-0.05, 0) is 33.1 Å². The number of amides is 1. The van der Waals surface area contributed by atoms with Gasteiger partial charge in [0.1, 0.15) is 18.2 Å². The zero-order valence-corrected chi connectivity index (χ0v) is 14.1. The molecule has 0 spiro atoms. The summed E-state index contributed by atoms with van der Waals surface area (Å²) in [6.07, 6.45) is 6.08. The normalized spacial score (nSPS) is 17.8. The maximum Gasteiger partial charge on any atom is 0.223 e. The van der Waals surface area contributed by atoms with Crippen LogP contribution in [0.5, 0.6) is 5.88 Å². The number of piperidine rings is 1. The lowest BCUT2D eigenvalue weighted by atomic mass is 10.1. The largest absolute Gasteiger partial charge is 0.472 e. The highest BCUT2D eigenvalue weighted by Gasteiger charge is 2.25. The van der Waals surface area contributed by atoms with Crippen molar-refractivity contribution in [2.24, 2.45) is 0 Å². The molecule has 1 saturated heterocycles. The van der Waals surface area contributed by atoms with E-state index in [1.807, 2.05) is 18.7 Å². The summed E-state index contributed by atoms with van der Waals surface area (Å²) < 4.78 is 11.0. The molecule has 24 heavy (non-hydrogen) atoms. The van der Waals surface area contributed by atoms with Gasteiger partial charge in [-0.25, -0.2) is 9.97 Å². The molecule has 1 fully saturated rings. The maximum absolute atomic E-state index is 12.5. The van der Waals surface area contributed by atoms with E-state index in [4.69, 9.17) is 9.26 Å². The van der Waals surface area contributed by atoms with E-state index >= 15 is 0 Å². The van der Waals surface area contributed by atoms with Crippen molar-refractivity contribution in [3.8, 4) is 5.88 Å². The Hall–Kier alpha value is -2.44. The monoisotopic (exact) mass is 330 g/mol. The number of aryl methyl sites for hydroxylation is 2. The molecule has 7 heteroatoms. The Bertz CT molecular complexity index is 667. The highest BCUT2D eigenvalue weighted by Crippen LogP contribution is 2.19. The van der Waals surface area contributed by atoms with E-state index in [0.29, 0.717) is 25.3 Å². The molecule has 0 aromatic carbocycles. The van der Waals surface area contributed by atoms with Crippen molar-refractivity contribution in [1.82, 2.24) is 20.0 Å². The van der Waals surface area contributed by atoms with Gasteiger partial charge < -0.3 is 14.2 Å². The molecule has 1 aliphatic rings. The van der Waals surface area contributed by atoms with Crippen molar-refractivity contribution in [2.45, 2.75) is 45.6 Å². The van der Waals surface area contributed by atoms with Gasteiger partial charge in [0.05, 0.1) is 12.2 Å². The summed E-state index contributed by atoms with van der Waals surface area (Å²) in [5, 5.41) is 3.93. The van der Waals surface area contributed by atoms with Gasteiger partial charge in [-0.1, -0.05) is 5.16 Å². The van der Waals surface area contributed by atoms with Crippen molar-refractivity contribution in [3.05, 3.63) is 35.6 Å². The van der Waals surface area contributed by atoms with Crippen molar-refractivity contribution in [1.29, 1.82) is 0 Å². The number of hydrogen-bond donors (Lipinski definition) is 0. The predicted molar refractivity (Wildman–Crippen MR) is 86.6 cm³/mol. The van der Waals surface area contributed by atoms with E-state index in [1.54, 1.807) is 12.3 Å². The number of ether oxygens (including phenoxy) is 1. The van der Waals surface area contributed by atoms with Crippen LogP contribution in [0.4, 0.5) is 0 Å². The fourth-order valence-corrected chi connectivity index (χ4v) is 3.03. The first-order valence-electron chi connectivity index (χ1n) is 8.25. The molecular weight excluding hydrogens is 308 g/mol. The van der Waals surface area contributed by atoms with Crippen LogP contribution in [0, 0.1) is 13.8 Å². The van der Waals surface area contributed by atoms with Gasteiger partial charge in [0.2, 0.25) is 11.8 Å². The smallest absolute Gasteiger partial charge is 0.223 e. The standard InChI is InChI=1S/C17H22N4O3/c1-12-15(13(2)24-20-12)5-6-17(22)21-9-3-4-14(10-21)23-16-7-8-18-11-19-16/h7-8,11,14H,3-6,9-10H2,1-2H3. The van der Waals surface area contributed by atoms with Gasteiger partial charge in [0, 0.05) is 30.8 Å². The molecule has 0 N–H and O–H groups in total. The van der Waals surface area contributed by atoms with Gasteiger partial charge in [-0.15, -0.1) is 0 Å². The van der Waals surface area contributed by atoms with Gasteiger partial charge in [0.15, 0.2) is 0 Å². The molecule has 1 aliphatic heterocycles. The van der Waals surface area contributed by atoms with Crippen LogP contribution < -0.4 is 4.74 Å². The van der Waals surface area contributed by atoms with Crippen LogP contribution in [0.3, 0.4) is 0 Å². The molecular formula is C17H22N4O3. The van der Waals surface area contributed by atoms with E-state index in [9.17, 15) is 4.79 Å². The van der Waals surface area contributed by atoms with E-state index in [0.717, 1.165) is 36.4 Å². The number of likely N-dealkylation sites (tertiary alicyclic amines) is 1. The Morgan fingerprint density at radius 1 is 1.46 bits per heavy atom. The number of carbonyl (C=O) groups excluding carboxylic acids is 1. The van der Waals surface area contributed by atoms with Crippen molar-refractivity contribution < 1.29 is 14.1 Å². The molecule has 3 heterocycles. The van der Waals surface area contributed by atoms with E-state index in [-0.39, 0.29) is 12.0 Å². The summed E-state index contributed by atoms with van der Waals surface area (Å²) >= 11 is 0. The third-order valence-electron chi connectivity index (χ3n) is 4.34. The Morgan fingerprint density at radius 3 is 3.04 bits per heavy atom. The van der Waals surface area contributed by atoms with Crippen LogP contribution in [-0.2, 0) is 11.2 Å². The summed E-state index contributed by atoms with van der Waals surface area (Å²) in [4.78, 5) is 22.3. The van der Waals surface area contributed by atoms with Crippen LogP contribution in [0.2, 0.25) is 0 Å². The zero-order valence-electron chi connectivity index (χ0n) is 14.1. The molecule has 0 aliphatic carbocycles. The van der Waals surface area contributed by atoms with E-state index in [2.05, 4.69) is 15.1 Å². The Labute approximate surface area is 141 Å². The molecule has 0 radical (unpaired) electrons. The first kappa shape index (κ1) is 16.4. The van der Waals surface area contributed by atoms with Crippen LogP contribution in [0.1, 0.15) is 36.3 Å². The second-order valence-electron chi connectivity index (χ2n) is 6.07. The minimum Gasteiger partial charge on any atom is -0.472 e. The Kier molecular flexibility index (Phi) is 5.08. The third-order valence-corrected chi connectivity index (χ3v) is 4.34. The lowest BCUT2D eigenvalue weighted by Crippen LogP contribution is -2.44. The summed E-state index contributed by atoms with van der Waals surface area (Å²) in [5.74, 6) is 1.50. The summed E-state index contributed by atoms with van der Waals surface area (Å²) in [6.45, 7) is 5.17. The van der Waals surface area contributed by atoms with Crippen molar-refractivity contribution in [3.63, 3.8) is 0 Å². The van der Waals surface area contributed by atoms with Crippen LogP contribution in [0.15, 0.2) is 23.1 Å². The van der Waals surface area contributed by atoms with Crippen LogP contribution >= 0.6 is 0 Å². The third kappa shape index (κ3) is 3.90. The summed E-state index contributed by atoms with van der Waals surface area (Å²) in [6, 6.07) is 1.73. The first-order chi connectivity index (χ1) is 11.6. The summed E-state index contributed by atoms with van der Waals surface area (Å²) in [7, 11) is 0. The molecule has 1 unspecified atom stereocenters. The lowest BCUT2D eigenvalue weighted by Gasteiger charge is -2.32. The zero-order chi connectivity index (χ0) is 16.9. The molecule has 3 rings (SSSR count). The SMILES string of the molecule is Cc1noc(C)c1CCC(=O)N1CCCC(Oc2ccncn2)C1. The number of rotatable bonds is 5. The second-order valence-corrected chi connectivity index (χ2v) is 6.07. The fourth-order valence-electron chi connectivity index (χ4n) is 3.03. The number of aromatic nitrogens is 3. The number of hydrogen-bond acceptors (Lipinski definition) is 6. The van der Waals surface area contributed by atoms with Crippen molar-refractivity contribution >= 4 is 5.91 Å². The Morgan fingerprint density at radius 2 is 2.33 bits per heavy atom. The average molecular weight is 330 g/mol. The molecule has 1 atom stereocenters. The quantitative estimate of drug-likeness (QED) is 0.835. The molecule has 2 aromatic rings. The second kappa shape index (κ2) is 7.42. The van der Waals surface area contributed by atoms with Crippen molar-refractivity contribution in [2.75, 3.05) is 13.1 Å². The minimum atomic E-state index is -0.0170. The highest BCUT2D eigenvalue weighted by molar-refractivity contribution is 5.76. The van der Waals surface area contributed by atoms with Gasteiger partial charge in [0.25, 0.3) is 0 Å². The summed E-state index contributed by atoms with van der Waals surface area (Å²) in [5.41, 5.74) is 1.90. The topological polar surface area (TPSA) is 81.4 Å².